The number of carbonyl (C=O) groups excluding carboxylic acids is 2. The van der Waals surface area contributed by atoms with E-state index in [9.17, 15) is 18.4 Å². The average Bonchev–Trinajstić information content (AvgIpc) is 3.01. The Hall–Kier alpha value is -3.81. The summed E-state index contributed by atoms with van der Waals surface area (Å²) in [5.74, 6) is -2.30. The van der Waals surface area contributed by atoms with Gasteiger partial charge in [-0.3, -0.25) is 4.79 Å². The summed E-state index contributed by atoms with van der Waals surface area (Å²) in [5, 5.41) is 7.02. The third kappa shape index (κ3) is 5.03. The minimum Gasteiger partial charge on any atom is -0.463 e. The summed E-state index contributed by atoms with van der Waals surface area (Å²) in [7, 11) is 0. The van der Waals surface area contributed by atoms with Crippen LogP contribution < -0.4 is 5.32 Å². The highest BCUT2D eigenvalue weighted by atomic mass is 19.1. The summed E-state index contributed by atoms with van der Waals surface area (Å²) in [6.07, 6.45) is 2.94. The zero-order valence-corrected chi connectivity index (χ0v) is 17.3. The molecule has 6 nitrogen and oxygen atoms in total. The molecule has 1 N–H and O–H groups in total. The molecule has 3 aromatic rings. The minimum atomic E-state index is -0.774. The molecule has 0 spiro atoms. The first-order valence-corrected chi connectivity index (χ1v) is 9.58. The lowest BCUT2D eigenvalue weighted by Gasteiger charge is -2.08. The van der Waals surface area contributed by atoms with Crippen LogP contribution in [-0.2, 0) is 9.53 Å². The van der Waals surface area contributed by atoms with Crippen molar-refractivity contribution in [3.05, 3.63) is 82.7 Å². The van der Waals surface area contributed by atoms with Gasteiger partial charge in [0.25, 0.3) is 5.91 Å². The molecule has 3 rings (SSSR count). The second kappa shape index (κ2) is 9.34. The number of esters is 1. The Morgan fingerprint density at radius 3 is 2.48 bits per heavy atom. The molecular weight excluding hydrogens is 404 g/mol. The van der Waals surface area contributed by atoms with Gasteiger partial charge in [0.15, 0.2) is 5.82 Å². The number of anilines is 1. The Morgan fingerprint density at radius 2 is 1.84 bits per heavy atom. The number of rotatable bonds is 6. The van der Waals surface area contributed by atoms with Gasteiger partial charge in [-0.05, 0) is 56.7 Å². The standard InChI is InChI=1S/C23H21F2N3O3/c1-4-31-21(29)12-7-16-5-9-18(10-6-16)26-23(30)22-14(2)27-28(15(22)3)20-11-8-17(24)13-19(20)25/h5-13H,4H2,1-3H3,(H,26,30)/b12-7+. The van der Waals surface area contributed by atoms with Crippen LogP contribution in [0.2, 0.25) is 0 Å². The Labute approximate surface area is 178 Å². The summed E-state index contributed by atoms with van der Waals surface area (Å²) in [4.78, 5) is 24.2. The van der Waals surface area contributed by atoms with Gasteiger partial charge < -0.3 is 10.1 Å². The summed E-state index contributed by atoms with van der Waals surface area (Å²) >= 11 is 0. The summed E-state index contributed by atoms with van der Waals surface area (Å²) in [6.45, 7) is 5.31. The molecule has 8 heteroatoms. The second-order valence-electron chi connectivity index (χ2n) is 6.71. The fourth-order valence-electron chi connectivity index (χ4n) is 3.08. The van der Waals surface area contributed by atoms with E-state index < -0.39 is 23.5 Å². The first kappa shape index (κ1) is 21.9. The largest absolute Gasteiger partial charge is 0.463 e. The highest BCUT2D eigenvalue weighted by Gasteiger charge is 2.21. The third-order valence-electron chi connectivity index (χ3n) is 4.52. The van der Waals surface area contributed by atoms with E-state index in [0.29, 0.717) is 29.2 Å². The lowest BCUT2D eigenvalue weighted by atomic mass is 10.1. The van der Waals surface area contributed by atoms with Crippen molar-refractivity contribution in [2.75, 3.05) is 11.9 Å². The molecule has 0 bridgehead atoms. The minimum absolute atomic E-state index is 0.0544. The van der Waals surface area contributed by atoms with Gasteiger partial charge in [0.1, 0.15) is 11.5 Å². The Morgan fingerprint density at radius 1 is 1.13 bits per heavy atom. The van der Waals surface area contributed by atoms with Gasteiger partial charge in [0.05, 0.1) is 23.6 Å². The van der Waals surface area contributed by atoms with E-state index in [4.69, 9.17) is 4.74 Å². The summed E-state index contributed by atoms with van der Waals surface area (Å²) in [6, 6.07) is 10.0. The molecule has 0 unspecified atom stereocenters. The van der Waals surface area contributed by atoms with Crippen LogP contribution in [0.15, 0.2) is 48.5 Å². The molecular formula is C23H21F2N3O3. The fraction of sp³-hybridized carbons (Fsp3) is 0.174. The van der Waals surface area contributed by atoms with Crippen molar-refractivity contribution in [3.8, 4) is 5.69 Å². The van der Waals surface area contributed by atoms with E-state index in [-0.39, 0.29) is 5.69 Å². The van der Waals surface area contributed by atoms with E-state index in [1.54, 1.807) is 51.1 Å². The lowest BCUT2D eigenvalue weighted by molar-refractivity contribution is -0.137. The van der Waals surface area contributed by atoms with Crippen molar-refractivity contribution in [2.24, 2.45) is 0 Å². The van der Waals surface area contributed by atoms with Crippen molar-refractivity contribution >= 4 is 23.6 Å². The van der Waals surface area contributed by atoms with Crippen LogP contribution in [0.5, 0.6) is 0 Å². The van der Waals surface area contributed by atoms with Crippen LogP contribution >= 0.6 is 0 Å². The maximum absolute atomic E-state index is 14.2. The summed E-state index contributed by atoms with van der Waals surface area (Å²) in [5.41, 5.74) is 2.49. The molecule has 0 saturated heterocycles. The topological polar surface area (TPSA) is 73.2 Å². The van der Waals surface area contributed by atoms with Gasteiger partial charge in [0.2, 0.25) is 0 Å². The van der Waals surface area contributed by atoms with Crippen molar-refractivity contribution in [3.63, 3.8) is 0 Å². The molecule has 1 heterocycles. The first-order chi connectivity index (χ1) is 14.8. The van der Waals surface area contributed by atoms with Crippen LogP contribution in [0.25, 0.3) is 11.8 Å². The summed E-state index contributed by atoms with van der Waals surface area (Å²) < 4.78 is 33.5. The lowest BCUT2D eigenvalue weighted by Crippen LogP contribution is -2.14. The predicted molar refractivity (Wildman–Crippen MR) is 113 cm³/mol. The van der Waals surface area contributed by atoms with Gasteiger partial charge in [-0.15, -0.1) is 0 Å². The van der Waals surface area contributed by atoms with Crippen LogP contribution in [0, 0.1) is 25.5 Å². The molecule has 0 fully saturated rings. The van der Waals surface area contributed by atoms with Crippen LogP contribution in [0.3, 0.4) is 0 Å². The maximum atomic E-state index is 14.2. The Kier molecular flexibility index (Phi) is 6.59. The van der Waals surface area contributed by atoms with E-state index in [1.165, 1.54) is 16.8 Å². The van der Waals surface area contributed by atoms with E-state index in [1.807, 2.05) is 0 Å². The van der Waals surface area contributed by atoms with E-state index >= 15 is 0 Å². The molecule has 31 heavy (non-hydrogen) atoms. The van der Waals surface area contributed by atoms with Crippen molar-refractivity contribution in [1.29, 1.82) is 0 Å². The SMILES string of the molecule is CCOC(=O)/C=C/c1ccc(NC(=O)c2c(C)nn(-c3ccc(F)cc3F)c2C)cc1. The van der Waals surface area contributed by atoms with Crippen molar-refractivity contribution in [1.82, 2.24) is 9.78 Å². The number of nitrogens with one attached hydrogen (secondary N) is 1. The van der Waals surface area contributed by atoms with Crippen LogP contribution in [0.4, 0.5) is 14.5 Å². The highest BCUT2D eigenvalue weighted by molar-refractivity contribution is 6.06. The van der Waals surface area contributed by atoms with Crippen LogP contribution in [-0.4, -0.2) is 28.3 Å². The van der Waals surface area contributed by atoms with Gasteiger partial charge in [0, 0.05) is 17.8 Å². The molecule has 0 atom stereocenters. The number of carbonyl (C=O) groups is 2. The van der Waals surface area contributed by atoms with Gasteiger partial charge in [-0.2, -0.15) is 5.10 Å². The maximum Gasteiger partial charge on any atom is 0.330 e. The molecule has 0 aliphatic carbocycles. The molecule has 160 valence electrons. The number of ether oxygens (including phenoxy) is 1. The first-order valence-electron chi connectivity index (χ1n) is 9.58. The Balaban J connectivity index is 1.78. The normalized spacial score (nSPS) is 11.0. The fourth-order valence-corrected chi connectivity index (χ4v) is 3.08. The zero-order valence-electron chi connectivity index (χ0n) is 17.3. The molecule has 0 aliphatic rings. The molecule has 0 aliphatic heterocycles. The van der Waals surface area contributed by atoms with Gasteiger partial charge in [-0.25, -0.2) is 18.3 Å². The molecule has 1 aromatic heterocycles. The van der Waals surface area contributed by atoms with Gasteiger partial charge in [-0.1, -0.05) is 12.1 Å². The van der Waals surface area contributed by atoms with Crippen LogP contribution in [0.1, 0.15) is 34.2 Å². The van der Waals surface area contributed by atoms with E-state index in [0.717, 1.165) is 17.7 Å². The van der Waals surface area contributed by atoms with Gasteiger partial charge >= 0.3 is 5.97 Å². The number of hydrogen-bond acceptors (Lipinski definition) is 4. The second-order valence-corrected chi connectivity index (χ2v) is 6.71. The zero-order chi connectivity index (χ0) is 22.5. The number of benzene rings is 2. The number of aryl methyl sites for hydroxylation is 1. The molecule has 0 radical (unpaired) electrons. The smallest absolute Gasteiger partial charge is 0.330 e. The number of halogens is 2. The van der Waals surface area contributed by atoms with E-state index in [2.05, 4.69) is 10.4 Å². The van der Waals surface area contributed by atoms with Crippen molar-refractivity contribution in [2.45, 2.75) is 20.8 Å². The quantitative estimate of drug-likeness (QED) is 0.463. The molecule has 2 aromatic carbocycles. The number of nitrogens with zero attached hydrogens (tertiary/aromatic N) is 2. The number of hydrogen-bond donors (Lipinski definition) is 1. The monoisotopic (exact) mass is 425 g/mol. The highest BCUT2D eigenvalue weighted by Crippen LogP contribution is 2.22. The predicted octanol–water partition coefficient (Wildman–Crippen LogP) is 4.60. The number of amides is 1. The van der Waals surface area contributed by atoms with Crippen molar-refractivity contribution < 1.29 is 23.1 Å². The average molecular weight is 425 g/mol. The third-order valence-corrected chi connectivity index (χ3v) is 4.52. The number of aromatic nitrogens is 2. The molecule has 0 saturated carbocycles. The Bertz CT molecular complexity index is 1150. The molecule has 1 amide bonds.